The van der Waals surface area contributed by atoms with Gasteiger partial charge in [-0.3, -0.25) is 0 Å². The lowest BCUT2D eigenvalue weighted by Gasteiger charge is -2.24. The van der Waals surface area contributed by atoms with E-state index in [-0.39, 0.29) is 5.54 Å². The predicted octanol–water partition coefficient (Wildman–Crippen LogP) is 1.75. The summed E-state index contributed by atoms with van der Waals surface area (Å²) in [6.45, 7) is 4.34. The summed E-state index contributed by atoms with van der Waals surface area (Å²) in [7, 11) is 1.80. The maximum Gasteiger partial charge on any atom is 0.0641 e. The highest BCUT2D eigenvalue weighted by Crippen LogP contribution is 2.37. The largest absolute Gasteiger partial charge is 0.383 e. The van der Waals surface area contributed by atoms with Gasteiger partial charge in [0.2, 0.25) is 0 Å². The second-order valence-corrected chi connectivity index (χ2v) is 6.11. The topological polar surface area (TPSA) is 21.3 Å². The molecule has 82 valence electrons. The summed E-state index contributed by atoms with van der Waals surface area (Å²) < 4.78 is 5.27. The van der Waals surface area contributed by atoms with E-state index >= 15 is 0 Å². The van der Waals surface area contributed by atoms with E-state index in [9.17, 15) is 0 Å². The van der Waals surface area contributed by atoms with Gasteiger partial charge in [-0.2, -0.15) is 11.8 Å². The number of nitrogens with one attached hydrogen (secondary N) is 1. The van der Waals surface area contributed by atoms with Crippen molar-refractivity contribution in [1.29, 1.82) is 0 Å². The van der Waals surface area contributed by atoms with Crippen molar-refractivity contribution < 1.29 is 4.74 Å². The van der Waals surface area contributed by atoms with Crippen LogP contribution in [0, 0.1) is 11.8 Å². The van der Waals surface area contributed by atoms with E-state index < -0.39 is 0 Å². The molecule has 3 unspecified atom stereocenters. The Labute approximate surface area is 91.2 Å². The van der Waals surface area contributed by atoms with Crippen molar-refractivity contribution in [2.24, 2.45) is 11.8 Å². The third-order valence-electron chi connectivity index (χ3n) is 3.60. The molecule has 1 N–H and O–H groups in total. The Kier molecular flexibility index (Phi) is 3.40. The highest BCUT2D eigenvalue weighted by atomic mass is 32.2. The third-order valence-corrected chi connectivity index (χ3v) is 4.79. The molecular weight excluding hydrogens is 194 g/mol. The minimum absolute atomic E-state index is 0.243. The van der Waals surface area contributed by atoms with Crippen LogP contribution in [0.2, 0.25) is 0 Å². The Morgan fingerprint density at radius 3 is 3.00 bits per heavy atom. The van der Waals surface area contributed by atoms with Gasteiger partial charge in [-0.25, -0.2) is 0 Å². The number of thioether (sulfide) groups is 1. The summed E-state index contributed by atoms with van der Waals surface area (Å²) in [6, 6.07) is 0. The Balaban J connectivity index is 1.86. The van der Waals surface area contributed by atoms with Crippen LogP contribution in [0.25, 0.3) is 0 Å². The van der Waals surface area contributed by atoms with E-state index in [2.05, 4.69) is 24.0 Å². The molecule has 3 atom stereocenters. The summed E-state index contributed by atoms with van der Waals surface area (Å²) in [4.78, 5) is 0. The number of ether oxygens (including phenoxy) is 1. The van der Waals surface area contributed by atoms with Crippen LogP contribution in [0.15, 0.2) is 0 Å². The molecule has 0 amide bonds. The second-order valence-electron chi connectivity index (χ2n) is 4.96. The van der Waals surface area contributed by atoms with Crippen molar-refractivity contribution in [1.82, 2.24) is 5.32 Å². The van der Waals surface area contributed by atoms with Gasteiger partial charge in [0, 0.05) is 12.6 Å². The Bertz CT molecular complexity index is 194. The fourth-order valence-corrected chi connectivity index (χ4v) is 4.16. The molecular formula is C11H21NOS. The minimum atomic E-state index is 0.243. The van der Waals surface area contributed by atoms with Crippen LogP contribution < -0.4 is 5.32 Å². The van der Waals surface area contributed by atoms with Gasteiger partial charge in [0.05, 0.1) is 6.61 Å². The smallest absolute Gasteiger partial charge is 0.0641 e. The summed E-state index contributed by atoms with van der Waals surface area (Å²) in [6.07, 6.45) is 2.73. The zero-order valence-electron chi connectivity index (χ0n) is 9.21. The first kappa shape index (κ1) is 10.8. The molecule has 0 aromatic heterocycles. The second kappa shape index (κ2) is 4.42. The van der Waals surface area contributed by atoms with Gasteiger partial charge < -0.3 is 10.1 Å². The van der Waals surface area contributed by atoms with Crippen LogP contribution in [-0.4, -0.2) is 37.3 Å². The van der Waals surface area contributed by atoms with Gasteiger partial charge in [-0.05, 0) is 49.7 Å². The molecule has 0 aromatic rings. The average Bonchev–Trinajstić information content (AvgIpc) is 2.73. The molecule has 0 spiro atoms. The van der Waals surface area contributed by atoms with Gasteiger partial charge in [0.1, 0.15) is 0 Å². The molecule has 0 saturated carbocycles. The molecule has 2 fully saturated rings. The number of hydrogen-bond acceptors (Lipinski definition) is 3. The van der Waals surface area contributed by atoms with E-state index in [1.165, 1.54) is 30.9 Å². The van der Waals surface area contributed by atoms with Crippen LogP contribution in [0.1, 0.15) is 19.8 Å². The summed E-state index contributed by atoms with van der Waals surface area (Å²) in [5.41, 5.74) is 0.243. The molecule has 0 aromatic carbocycles. The van der Waals surface area contributed by atoms with Crippen molar-refractivity contribution in [3.8, 4) is 0 Å². The van der Waals surface area contributed by atoms with Gasteiger partial charge in [0.15, 0.2) is 0 Å². The molecule has 0 aliphatic carbocycles. The quantitative estimate of drug-likeness (QED) is 0.775. The summed E-state index contributed by atoms with van der Waals surface area (Å²) >= 11 is 2.12. The Morgan fingerprint density at radius 1 is 1.50 bits per heavy atom. The zero-order valence-corrected chi connectivity index (χ0v) is 10.0. The molecule has 2 heterocycles. The SMILES string of the molecule is COCC1(C)CC(C2CCSC2)CN1. The number of methoxy groups -OCH3 is 1. The minimum Gasteiger partial charge on any atom is -0.383 e. The van der Waals surface area contributed by atoms with E-state index in [0.29, 0.717) is 0 Å². The fourth-order valence-electron chi connectivity index (χ4n) is 2.79. The predicted molar refractivity (Wildman–Crippen MR) is 61.8 cm³/mol. The van der Waals surface area contributed by atoms with Crippen molar-refractivity contribution in [2.45, 2.75) is 25.3 Å². The van der Waals surface area contributed by atoms with E-state index in [1.807, 2.05) is 0 Å². The highest BCUT2D eigenvalue weighted by molar-refractivity contribution is 7.99. The van der Waals surface area contributed by atoms with Crippen molar-refractivity contribution in [3.05, 3.63) is 0 Å². The van der Waals surface area contributed by atoms with E-state index in [4.69, 9.17) is 4.74 Å². The highest BCUT2D eigenvalue weighted by Gasteiger charge is 2.38. The molecule has 0 radical (unpaired) electrons. The van der Waals surface area contributed by atoms with Crippen molar-refractivity contribution in [3.63, 3.8) is 0 Å². The average molecular weight is 215 g/mol. The van der Waals surface area contributed by atoms with Gasteiger partial charge >= 0.3 is 0 Å². The normalized spacial score (nSPS) is 43.3. The van der Waals surface area contributed by atoms with Crippen LogP contribution >= 0.6 is 11.8 Å². The maximum atomic E-state index is 5.27. The maximum absolute atomic E-state index is 5.27. The monoisotopic (exact) mass is 215 g/mol. The molecule has 2 nitrogen and oxygen atoms in total. The molecule has 14 heavy (non-hydrogen) atoms. The van der Waals surface area contributed by atoms with Crippen LogP contribution in [0.3, 0.4) is 0 Å². The lowest BCUT2D eigenvalue weighted by Crippen LogP contribution is -2.40. The number of hydrogen-bond donors (Lipinski definition) is 1. The number of rotatable bonds is 3. The van der Waals surface area contributed by atoms with Crippen LogP contribution in [-0.2, 0) is 4.74 Å². The lowest BCUT2D eigenvalue weighted by atomic mass is 9.86. The van der Waals surface area contributed by atoms with Gasteiger partial charge in [-0.1, -0.05) is 0 Å². The first-order chi connectivity index (χ1) is 6.73. The molecule has 3 heteroatoms. The summed E-state index contributed by atoms with van der Waals surface area (Å²) in [5, 5.41) is 3.63. The standard InChI is InChI=1S/C11H21NOS/c1-11(8-13-2)5-10(6-12-11)9-3-4-14-7-9/h9-10,12H,3-8H2,1-2H3. The molecule has 2 rings (SSSR count). The van der Waals surface area contributed by atoms with E-state index in [1.54, 1.807) is 7.11 Å². The van der Waals surface area contributed by atoms with Crippen molar-refractivity contribution in [2.75, 3.05) is 31.8 Å². The van der Waals surface area contributed by atoms with Gasteiger partial charge in [-0.15, -0.1) is 0 Å². The van der Waals surface area contributed by atoms with E-state index in [0.717, 1.165) is 18.4 Å². The fraction of sp³-hybridized carbons (Fsp3) is 1.00. The first-order valence-corrected chi connectivity index (χ1v) is 6.71. The molecule has 0 bridgehead atoms. The first-order valence-electron chi connectivity index (χ1n) is 5.55. The van der Waals surface area contributed by atoms with Crippen LogP contribution in [0.4, 0.5) is 0 Å². The molecule has 2 saturated heterocycles. The third kappa shape index (κ3) is 2.26. The van der Waals surface area contributed by atoms with Crippen molar-refractivity contribution >= 4 is 11.8 Å². The lowest BCUT2D eigenvalue weighted by molar-refractivity contribution is 0.126. The summed E-state index contributed by atoms with van der Waals surface area (Å²) in [5.74, 6) is 4.62. The Hall–Kier alpha value is 0.270. The van der Waals surface area contributed by atoms with Crippen LogP contribution in [0.5, 0.6) is 0 Å². The van der Waals surface area contributed by atoms with Gasteiger partial charge in [0.25, 0.3) is 0 Å². The molecule has 2 aliphatic heterocycles. The zero-order chi connectivity index (χ0) is 10.0. The Morgan fingerprint density at radius 2 is 2.36 bits per heavy atom. The molecule has 2 aliphatic rings.